The molecule has 0 aromatic heterocycles. The molecule has 3 rings (SSSR count). The fourth-order valence-corrected chi connectivity index (χ4v) is 3.87. The highest BCUT2D eigenvalue weighted by atomic mass is 35.5. The number of allylic oxidation sites excluding steroid dienone is 2. The van der Waals surface area contributed by atoms with Gasteiger partial charge in [-0.25, -0.2) is 4.79 Å². The molecule has 0 saturated heterocycles. The van der Waals surface area contributed by atoms with E-state index in [4.69, 9.17) is 16.7 Å². The van der Waals surface area contributed by atoms with Gasteiger partial charge in [-0.1, -0.05) is 17.7 Å². The minimum absolute atomic E-state index is 0.0775. The largest absolute Gasteiger partial charge is 0.465 e. The summed E-state index contributed by atoms with van der Waals surface area (Å²) in [5, 5.41) is 19.9. The van der Waals surface area contributed by atoms with E-state index in [0.717, 1.165) is 18.5 Å². The number of hydrogen-bond acceptors (Lipinski definition) is 5. The lowest BCUT2D eigenvalue weighted by Crippen LogP contribution is -2.34. The van der Waals surface area contributed by atoms with Crippen LogP contribution in [0.25, 0.3) is 0 Å². The maximum Gasteiger partial charge on any atom is 0.404 e. The fraction of sp³-hybridized carbons (Fsp3) is 0.280. The van der Waals surface area contributed by atoms with Crippen molar-refractivity contribution < 1.29 is 24.3 Å². The van der Waals surface area contributed by atoms with Gasteiger partial charge in [-0.2, -0.15) is 0 Å². The van der Waals surface area contributed by atoms with Crippen LogP contribution in [0.2, 0.25) is 5.02 Å². The minimum atomic E-state index is -1.17. The molecular formula is C25H27ClN4O5. The van der Waals surface area contributed by atoms with Gasteiger partial charge < -0.3 is 26.4 Å². The van der Waals surface area contributed by atoms with Gasteiger partial charge in [-0.05, 0) is 62.6 Å². The van der Waals surface area contributed by atoms with E-state index in [9.17, 15) is 19.2 Å². The Hall–Kier alpha value is -3.85. The summed E-state index contributed by atoms with van der Waals surface area (Å²) in [6, 6.07) is 9.79. The van der Waals surface area contributed by atoms with Crippen molar-refractivity contribution in [1.29, 1.82) is 0 Å². The second kappa shape index (κ2) is 11.5. The van der Waals surface area contributed by atoms with Gasteiger partial charge in [-0.15, -0.1) is 0 Å². The lowest BCUT2D eigenvalue weighted by Gasteiger charge is -2.20. The van der Waals surface area contributed by atoms with Crippen LogP contribution in [0, 0.1) is 6.92 Å². The van der Waals surface area contributed by atoms with Crippen LogP contribution in [-0.4, -0.2) is 41.9 Å². The highest BCUT2D eigenvalue weighted by molar-refractivity contribution is 6.33. The first-order chi connectivity index (χ1) is 16.7. The van der Waals surface area contributed by atoms with E-state index in [-0.39, 0.29) is 30.7 Å². The molecule has 0 aliphatic heterocycles. The van der Waals surface area contributed by atoms with Crippen LogP contribution in [-0.2, 0) is 4.79 Å². The zero-order chi connectivity index (χ0) is 25.5. The molecule has 2 aromatic carbocycles. The Labute approximate surface area is 207 Å². The first-order valence-corrected chi connectivity index (χ1v) is 11.5. The average molecular weight is 499 g/mol. The van der Waals surface area contributed by atoms with Crippen molar-refractivity contribution >= 4 is 46.7 Å². The Balaban J connectivity index is 1.73. The number of anilines is 2. The van der Waals surface area contributed by atoms with Crippen LogP contribution in [0.3, 0.4) is 0 Å². The lowest BCUT2D eigenvalue weighted by molar-refractivity contribution is -0.116. The Morgan fingerprint density at radius 2 is 1.71 bits per heavy atom. The summed E-state index contributed by atoms with van der Waals surface area (Å²) in [6.07, 6.45) is 0.850. The van der Waals surface area contributed by atoms with Crippen molar-refractivity contribution in [2.75, 3.05) is 23.7 Å². The summed E-state index contributed by atoms with van der Waals surface area (Å²) >= 11 is 6.33. The highest BCUT2D eigenvalue weighted by Crippen LogP contribution is 2.29. The van der Waals surface area contributed by atoms with Gasteiger partial charge >= 0.3 is 6.09 Å². The molecule has 2 aromatic rings. The van der Waals surface area contributed by atoms with Crippen molar-refractivity contribution in [1.82, 2.24) is 10.6 Å². The van der Waals surface area contributed by atoms with Gasteiger partial charge in [0.05, 0.1) is 10.7 Å². The topological polar surface area (TPSA) is 137 Å². The summed E-state index contributed by atoms with van der Waals surface area (Å²) in [5.41, 5.74) is 3.75. The number of Topliss-reactive ketones (excluding diaryl/α,β-unsaturated/α-hetero) is 1. The average Bonchev–Trinajstić information content (AvgIpc) is 2.82. The van der Waals surface area contributed by atoms with Crippen LogP contribution >= 0.6 is 11.6 Å². The van der Waals surface area contributed by atoms with E-state index in [2.05, 4.69) is 21.3 Å². The summed E-state index contributed by atoms with van der Waals surface area (Å²) < 4.78 is 0. The molecule has 0 heterocycles. The predicted octanol–water partition coefficient (Wildman–Crippen LogP) is 4.34. The maximum atomic E-state index is 13.0. The van der Waals surface area contributed by atoms with Gasteiger partial charge in [0.15, 0.2) is 5.78 Å². The van der Waals surface area contributed by atoms with Crippen molar-refractivity contribution in [3.63, 3.8) is 0 Å². The molecule has 1 aliphatic rings. The third-order valence-electron chi connectivity index (χ3n) is 5.73. The number of ketones is 1. The fourth-order valence-electron chi connectivity index (χ4n) is 3.70. The summed E-state index contributed by atoms with van der Waals surface area (Å²) in [5.74, 6) is -0.669. The Morgan fingerprint density at radius 1 is 0.971 bits per heavy atom. The van der Waals surface area contributed by atoms with Gasteiger partial charge in [0.25, 0.3) is 11.8 Å². The van der Waals surface area contributed by atoms with E-state index in [1.54, 1.807) is 50.2 Å². The molecule has 0 atom stereocenters. The summed E-state index contributed by atoms with van der Waals surface area (Å²) in [7, 11) is 0. The number of carbonyl (C=O) groups excluding carboxylic acids is 3. The zero-order valence-electron chi connectivity index (χ0n) is 19.5. The molecule has 10 heteroatoms. The van der Waals surface area contributed by atoms with Crippen LogP contribution < -0.4 is 21.3 Å². The predicted molar refractivity (Wildman–Crippen MR) is 134 cm³/mol. The van der Waals surface area contributed by atoms with Crippen LogP contribution in [0.15, 0.2) is 47.7 Å². The van der Waals surface area contributed by atoms with Crippen LogP contribution in [0.5, 0.6) is 0 Å². The van der Waals surface area contributed by atoms with E-state index < -0.39 is 6.09 Å². The molecule has 9 nitrogen and oxygen atoms in total. The molecule has 1 aliphatic carbocycles. The van der Waals surface area contributed by atoms with Gasteiger partial charge in [-0.3, -0.25) is 14.4 Å². The summed E-state index contributed by atoms with van der Waals surface area (Å²) in [4.78, 5) is 48.0. The number of nitrogens with one attached hydrogen (secondary N) is 4. The van der Waals surface area contributed by atoms with Crippen LogP contribution in [0.1, 0.15) is 52.5 Å². The van der Waals surface area contributed by atoms with E-state index in [1.165, 1.54) is 0 Å². The van der Waals surface area contributed by atoms with Gasteiger partial charge in [0, 0.05) is 47.6 Å². The molecule has 0 saturated carbocycles. The SMILES string of the molecule is CC1=C(Nc2cc(C(=O)Nc3cccc(C(=O)NCCNC(=O)O)c3C)ccc2Cl)CCCC1=O. The number of benzene rings is 2. The smallest absolute Gasteiger partial charge is 0.404 e. The molecule has 0 fully saturated rings. The molecule has 35 heavy (non-hydrogen) atoms. The number of carboxylic acid groups (broad SMARTS) is 1. The molecule has 0 bridgehead atoms. The first-order valence-electron chi connectivity index (χ1n) is 11.1. The maximum absolute atomic E-state index is 13.0. The van der Waals surface area contributed by atoms with Gasteiger partial charge in [0.2, 0.25) is 0 Å². The third-order valence-corrected chi connectivity index (χ3v) is 6.06. The van der Waals surface area contributed by atoms with Crippen molar-refractivity contribution in [2.45, 2.75) is 33.1 Å². The van der Waals surface area contributed by atoms with Crippen molar-refractivity contribution in [3.05, 3.63) is 69.4 Å². The Kier molecular flexibility index (Phi) is 8.48. The summed E-state index contributed by atoms with van der Waals surface area (Å²) in [6.45, 7) is 3.70. The monoisotopic (exact) mass is 498 g/mol. The number of rotatable bonds is 8. The number of carbonyl (C=O) groups is 4. The second-order valence-corrected chi connectivity index (χ2v) is 8.53. The molecule has 0 unspecified atom stereocenters. The number of amides is 3. The molecule has 5 N–H and O–H groups in total. The highest BCUT2D eigenvalue weighted by Gasteiger charge is 2.19. The zero-order valence-corrected chi connectivity index (χ0v) is 20.2. The third kappa shape index (κ3) is 6.60. The van der Waals surface area contributed by atoms with Crippen LogP contribution in [0.4, 0.5) is 16.2 Å². The first kappa shape index (κ1) is 25.8. The molecular weight excluding hydrogens is 472 g/mol. The number of halogens is 1. The van der Waals surface area contributed by atoms with E-state index in [1.807, 2.05) is 0 Å². The quantitative estimate of drug-likeness (QED) is 0.343. The molecule has 184 valence electrons. The Bertz CT molecular complexity index is 1210. The lowest BCUT2D eigenvalue weighted by atomic mass is 9.96. The molecule has 0 radical (unpaired) electrons. The Morgan fingerprint density at radius 3 is 2.46 bits per heavy atom. The normalized spacial score (nSPS) is 13.3. The minimum Gasteiger partial charge on any atom is -0.465 e. The standard InChI is InChI=1S/C25H27ClN4O5/c1-14-17(24(33)27-11-12-28-25(34)35)5-3-6-19(14)30-23(32)16-9-10-18(26)21(13-16)29-20-7-4-8-22(31)15(20)2/h3,5-6,9-10,13,28-29H,4,7-8,11-12H2,1-2H3,(H,27,33)(H,30,32)(H,34,35). The van der Waals surface area contributed by atoms with Gasteiger partial charge in [0.1, 0.15) is 0 Å². The van der Waals surface area contributed by atoms with E-state index in [0.29, 0.717) is 45.1 Å². The van der Waals surface area contributed by atoms with E-state index >= 15 is 0 Å². The van der Waals surface area contributed by atoms with Crippen molar-refractivity contribution in [2.24, 2.45) is 0 Å². The second-order valence-electron chi connectivity index (χ2n) is 8.12. The molecule has 0 spiro atoms. The van der Waals surface area contributed by atoms with Crippen molar-refractivity contribution in [3.8, 4) is 0 Å². The molecule has 3 amide bonds. The number of hydrogen-bond donors (Lipinski definition) is 5.